The van der Waals surface area contributed by atoms with E-state index in [1.165, 1.54) is 6.42 Å². The highest BCUT2D eigenvalue weighted by atomic mass is 16.2. The Morgan fingerprint density at radius 2 is 2.15 bits per heavy atom. The molecule has 0 bridgehead atoms. The summed E-state index contributed by atoms with van der Waals surface area (Å²) in [5.74, 6) is 0. The quantitative estimate of drug-likeness (QED) is 0.739. The van der Waals surface area contributed by atoms with E-state index in [-0.39, 0.29) is 12.1 Å². The maximum Gasteiger partial charge on any atom is 0.319 e. The lowest BCUT2D eigenvalue weighted by molar-refractivity contribution is 0.196. The standard InChI is InChI=1S/C15H24N4O/c1-2-8-19-9-6-13(7-10-19)17-15(20)18-14-5-3-4-12(16)11-14/h3-5,11,13H,2,6-10,16H2,1H3,(H2,17,18,20). The van der Waals surface area contributed by atoms with Gasteiger partial charge in [0.1, 0.15) is 0 Å². The van der Waals surface area contributed by atoms with Crippen molar-refractivity contribution in [2.75, 3.05) is 30.7 Å². The van der Waals surface area contributed by atoms with Crippen molar-refractivity contribution in [3.05, 3.63) is 24.3 Å². The van der Waals surface area contributed by atoms with E-state index < -0.39 is 0 Å². The van der Waals surface area contributed by atoms with Crippen LogP contribution in [0, 0.1) is 0 Å². The van der Waals surface area contributed by atoms with Gasteiger partial charge in [0.25, 0.3) is 0 Å². The van der Waals surface area contributed by atoms with E-state index in [4.69, 9.17) is 5.73 Å². The smallest absolute Gasteiger partial charge is 0.319 e. The van der Waals surface area contributed by atoms with Crippen molar-refractivity contribution in [3.8, 4) is 0 Å². The van der Waals surface area contributed by atoms with Crippen LogP contribution in [0.2, 0.25) is 0 Å². The molecule has 1 fully saturated rings. The van der Waals surface area contributed by atoms with Crippen LogP contribution in [0.25, 0.3) is 0 Å². The molecule has 110 valence electrons. The van der Waals surface area contributed by atoms with Gasteiger partial charge in [-0.3, -0.25) is 0 Å². The highest BCUT2D eigenvalue weighted by molar-refractivity contribution is 5.89. The molecule has 20 heavy (non-hydrogen) atoms. The molecule has 0 radical (unpaired) electrons. The number of urea groups is 1. The number of nitrogens with two attached hydrogens (primary N) is 1. The average molecular weight is 276 g/mol. The first-order valence-electron chi connectivity index (χ1n) is 7.33. The number of likely N-dealkylation sites (tertiary alicyclic amines) is 1. The first-order chi connectivity index (χ1) is 9.67. The second kappa shape index (κ2) is 7.14. The number of nitrogens with one attached hydrogen (secondary N) is 2. The Morgan fingerprint density at radius 3 is 2.80 bits per heavy atom. The Bertz CT molecular complexity index is 441. The van der Waals surface area contributed by atoms with Crippen LogP contribution in [-0.2, 0) is 0 Å². The number of hydrogen-bond donors (Lipinski definition) is 3. The molecule has 2 rings (SSSR count). The second-order valence-corrected chi connectivity index (χ2v) is 5.34. The van der Waals surface area contributed by atoms with Crippen LogP contribution in [0.4, 0.5) is 16.2 Å². The Labute approximate surface area is 120 Å². The molecule has 1 aromatic rings. The number of carbonyl (C=O) groups is 1. The number of carbonyl (C=O) groups excluding carboxylic acids is 1. The van der Waals surface area contributed by atoms with E-state index in [0.717, 1.165) is 38.2 Å². The number of hydrogen-bond acceptors (Lipinski definition) is 3. The zero-order valence-corrected chi connectivity index (χ0v) is 12.1. The van der Waals surface area contributed by atoms with E-state index in [0.29, 0.717) is 5.69 Å². The summed E-state index contributed by atoms with van der Waals surface area (Å²) >= 11 is 0. The zero-order chi connectivity index (χ0) is 14.4. The summed E-state index contributed by atoms with van der Waals surface area (Å²) < 4.78 is 0. The van der Waals surface area contributed by atoms with Gasteiger partial charge >= 0.3 is 6.03 Å². The van der Waals surface area contributed by atoms with E-state index in [2.05, 4.69) is 22.5 Å². The Morgan fingerprint density at radius 1 is 1.40 bits per heavy atom. The molecule has 0 aromatic heterocycles. The summed E-state index contributed by atoms with van der Waals surface area (Å²) in [7, 11) is 0. The second-order valence-electron chi connectivity index (χ2n) is 5.34. The maximum atomic E-state index is 11.9. The number of piperidine rings is 1. The van der Waals surface area contributed by atoms with Crippen LogP contribution in [0.15, 0.2) is 24.3 Å². The fourth-order valence-corrected chi connectivity index (χ4v) is 2.59. The van der Waals surface area contributed by atoms with Crippen molar-refractivity contribution in [3.63, 3.8) is 0 Å². The molecule has 0 spiro atoms. The molecule has 0 atom stereocenters. The minimum atomic E-state index is -0.149. The molecule has 4 N–H and O–H groups in total. The van der Waals surface area contributed by atoms with Gasteiger partial charge in [-0.15, -0.1) is 0 Å². The predicted molar refractivity (Wildman–Crippen MR) is 82.8 cm³/mol. The van der Waals surface area contributed by atoms with Gasteiger partial charge in [-0.05, 0) is 44.0 Å². The molecule has 1 saturated heterocycles. The number of nitrogen functional groups attached to an aromatic ring is 1. The number of rotatable bonds is 4. The lowest BCUT2D eigenvalue weighted by Crippen LogP contribution is -2.46. The number of nitrogens with zero attached hydrogens (tertiary/aromatic N) is 1. The lowest BCUT2D eigenvalue weighted by Gasteiger charge is -2.32. The molecular formula is C15H24N4O. The molecule has 5 heteroatoms. The first-order valence-corrected chi connectivity index (χ1v) is 7.33. The lowest BCUT2D eigenvalue weighted by atomic mass is 10.1. The van der Waals surface area contributed by atoms with Crippen molar-refractivity contribution < 1.29 is 4.79 Å². The largest absolute Gasteiger partial charge is 0.399 e. The summed E-state index contributed by atoms with van der Waals surface area (Å²) in [6.45, 7) is 5.49. The average Bonchev–Trinajstić information content (AvgIpc) is 2.41. The number of amides is 2. The zero-order valence-electron chi connectivity index (χ0n) is 12.1. The Balaban J connectivity index is 1.75. The van der Waals surface area contributed by atoms with Gasteiger partial charge in [0.2, 0.25) is 0 Å². The van der Waals surface area contributed by atoms with Crippen LogP contribution < -0.4 is 16.4 Å². The normalized spacial score (nSPS) is 16.9. The molecule has 1 heterocycles. The monoisotopic (exact) mass is 276 g/mol. The number of benzene rings is 1. The number of anilines is 2. The van der Waals surface area contributed by atoms with Crippen molar-refractivity contribution in [1.82, 2.24) is 10.2 Å². The van der Waals surface area contributed by atoms with E-state index in [9.17, 15) is 4.79 Å². The molecule has 1 aliphatic heterocycles. The van der Waals surface area contributed by atoms with Gasteiger partial charge in [0, 0.05) is 30.5 Å². The third-order valence-electron chi connectivity index (χ3n) is 3.61. The first kappa shape index (κ1) is 14.7. The van der Waals surface area contributed by atoms with Crippen LogP contribution in [0.5, 0.6) is 0 Å². The van der Waals surface area contributed by atoms with Crippen LogP contribution in [0.1, 0.15) is 26.2 Å². The molecule has 1 aliphatic rings. The van der Waals surface area contributed by atoms with Gasteiger partial charge in [-0.25, -0.2) is 4.79 Å². The topological polar surface area (TPSA) is 70.4 Å². The highest BCUT2D eigenvalue weighted by Crippen LogP contribution is 2.13. The Kier molecular flexibility index (Phi) is 5.24. The molecular weight excluding hydrogens is 252 g/mol. The molecule has 0 aliphatic carbocycles. The third kappa shape index (κ3) is 4.42. The van der Waals surface area contributed by atoms with Crippen LogP contribution >= 0.6 is 0 Å². The predicted octanol–water partition coefficient (Wildman–Crippen LogP) is 2.26. The minimum Gasteiger partial charge on any atom is -0.399 e. The summed E-state index contributed by atoms with van der Waals surface area (Å²) in [6.07, 6.45) is 3.22. The minimum absolute atomic E-state index is 0.149. The molecule has 2 amide bonds. The van der Waals surface area contributed by atoms with Gasteiger partial charge in [0.05, 0.1) is 0 Å². The van der Waals surface area contributed by atoms with Crippen molar-refractivity contribution in [1.29, 1.82) is 0 Å². The molecule has 1 aromatic carbocycles. The highest BCUT2D eigenvalue weighted by Gasteiger charge is 2.19. The molecule has 0 unspecified atom stereocenters. The van der Waals surface area contributed by atoms with Crippen molar-refractivity contribution >= 4 is 17.4 Å². The molecule has 5 nitrogen and oxygen atoms in total. The van der Waals surface area contributed by atoms with E-state index >= 15 is 0 Å². The van der Waals surface area contributed by atoms with Gasteiger partial charge in [-0.2, -0.15) is 0 Å². The van der Waals surface area contributed by atoms with E-state index in [1.54, 1.807) is 12.1 Å². The SMILES string of the molecule is CCCN1CCC(NC(=O)Nc2cccc(N)c2)CC1. The fourth-order valence-electron chi connectivity index (χ4n) is 2.59. The van der Waals surface area contributed by atoms with Crippen LogP contribution in [-0.4, -0.2) is 36.6 Å². The maximum absolute atomic E-state index is 11.9. The summed E-state index contributed by atoms with van der Waals surface area (Å²) in [5.41, 5.74) is 7.06. The van der Waals surface area contributed by atoms with Gasteiger partial charge in [0.15, 0.2) is 0 Å². The summed E-state index contributed by atoms with van der Waals surface area (Å²) in [6, 6.07) is 7.33. The summed E-state index contributed by atoms with van der Waals surface area (Å²) in [4.78, 5) is 14.4. The van der Waals surface area contributed by atoms with Crippen molar-refractivity contribution in [2.45, 2.75) is 32.2 Å². The van der Waals surface area contributed by atoms with Gasteiger partial charge in [-0.1, -0.05) is 13.0 Å². The van der Waals surface area contributed by atoms with Crippen LogP contribution in [0.3, 0.4) is 0 Å². The fraction of sp³-hybridized carbons (Fsp3) is 0.533. The third-order valence-corrected chi connectivity index (χ3v) is 3.61. The van der Waals surface area contributed by atoms with E-state index in [1.807, 2.05) is 12.1 Å². The van der Waals surface area contributed by atoms with Crippen molar-refractivity contribution in [2.24, 2.45) is 0 Å². The summed E-state index contributed by atoms with van der Waals surface area (Å²) in [5, 5.41) is 5.85. The molecule has 0 saturated carbocycles. The van der Waals surface area contributed by atoms with Gasteiger partial charge < -0.3 is 21.3 Å². The Hall–Kier alpha value is -1.75.